The molecule has 0 aliphatic rings. The number of sulfonamides is 2. The zero-order valence-corrected chi connectivity index (χ0v) is 21.5. The van der Waals surface area contributed by atoms with Crippen LogP contribution in [0.15, 0.2) is 42.7 Å². The number of aryl methyl sites for hydroxylation is 2. The minimum atomic E-state index is -6.72. The average molecular weight is 583 g/mol. The van der Waals surface area contributed by atoms with Gasteiger partial charge in [-0.1, -0.05) is 43.7 Å². The normalized spacial score (nSPS) is 13.6. The summed E-state index contributed by atoms with van der Waals surface area (Å²) in [5.74, 6) is 1.25. The van der Waals surface area contributed by atoms with Crippen molar-refractivity contribution in [2.45, 2.75) is 56.3 Å². The van der Waals surface area contributed by atoms with Crippen LogP contribution in [0.2, 0.25) is 0 Å². The Kier molecular flexibility index (Phi) is 12.0. The number of rotatable bonds is 11. The Labute approximate surface area is 211 Å². The fraction of sp³-hybridized carbons (Fsp3) is 0.550. The van der Waals surface area contributed by atoms with Crippen LogP contribution in [0.1, 0.15) is 31.2 Å². The molecule has 0 amide bonds. The number of hydrogen-bond donors (Lipinski definition) is 2. The largest absolute Gasteiger partial charge is 0.480 e. The zero-order chi connectivity index (χ0) is 28.5. The second-order valence-electron chi connectivity index (χ2n) is 7.74. The van der Waals surface area contributed by atoms with E-state index in [0.29, 0.717) is 0 Å². The van der Waals surface area contributed by atoms with Crippen molar-refractivity contribution < 1.29 is 52.9 Å². The number of halogens is 6. The van der Waals surface area contributed by atoms with Crippen molar-refractivity contribution in [3.05, 3.63) is 58.2 Å². The number of imidazole rings is 1. The molecule has 2 N–H and O–H groups in total. The van der Waals surface area contributed by atoms with Crippen LogP contribution in [0.3, 0.4) is 0 Å². The molecule has 37 heavy (non-hydrogen) atoms. The van der Waals surface area contributed by atoms with Crippen molar-refractivity contribution >= 4 is 20.0 Å². The number of unbranched alkanes of at least 4 members (excludes halogenated alkanes) is 1. The van der Waals surface area contributed by atoms with Gasteiger partial charge in [-0.05, 0) is 18.4 Å². The Bertz CT molecular complexity index is 1140. The third-order valence-electron chi connectivity index (χ3n) is 4.84. The molecule has 0 bridgehead atoms. The second kappa shape index (κ2) is 13.5. The molecule has 0 fully saturated rings. The summed E-state index contributed by atoms with van der Waals surface area (Å²) < 4.78 is 114. The number of aliphatic hydroxyl groups excluding tert-OH is 1. The molecule has 0 saturated carbocycles. The molecule has 9 nitrogen and oxygen atoms in total. The number of nitrogens with zero attached hydrogens (tertiary/aromatic N) is 3. The Hall–Kier alpha value is -2.21. The summed E-state index contributed by atoms with van der Waals surface area (Å²) in [7, 11) is -11.4. The number of hydrogen-bond acceptors (Lipinski definition) is 6. The number of benzene rings is 1. The van der Waals surface area contributed by atoms with E-state index in [1.54, 1.807) is 0 Å². The maximum Gasteiger partial charge on any atom is 0.480 e. The van der Waals surface area contributed by atoms with E-state index in [2.05, 4.69) is 52.9 Å². The van der Waals surface area contributed by atoms with Gasteiger partial charge in [0.25, 0.3) is 5.82 Å². The van der Waals surface area contributed by atoms with E-state index in [-0.39, 0.29) is 12.6 Å². The third kappa shape index (κ3) is 10.2. The van der Waals surface area contributed by atoms with Gasteiger partial charge in [0.1, 0.15) is 12.4 Å². The van der Waals surface area contributed by atoms with Crippen LogP contribution in [0, 0.1) is 0 Å². The van der Waals surface area contributed by atoms with Gasteiger partial charge in [-0.15, -0.1) is 0 Å². The predicted molar refractivity (Wildman–Crippen MR) is 122 cm³/mol. The molecule has 0 unspecified atom stereocenters. The molecule has 0 saturated heterocycles. The van der Waals surface area contributed by atoms with Gasteiger partial charge < -0.3 is 14.6 Å². The van der Waals surface area contributed by atoms with Crippen molar-refractivity contribution in [3.8, 4) is 0 Å². The van der Waals surface area contributed by atoms with E-state index in [9.17, 15) is 48.3 Å². The molecule has 1 aromatic carbocycles. The summed E-state index contributed by atoms with van der Waals surface area (Å²) in [5, 5.41) is 13.1. The van der Waals surface area contributed by atoms with Crippen LogP contribution >= 0.6 is 0 Å². The highest BCUT2D eigenvalue weighted by Gasteiger charge is 2.46. The van der Waals surface area contributed by atoms with Gasteiger partial charge in [0.2, 0.25) is 0 Å². The predicted octanol–water partition coefficient (Wildman–Crippen LogP) is 2.87. The molecule has 2 aromatic rings. The van der Waals surface area contributed by atoms with Crippen LogP contribution in [-0.2, 0) is 46.6 Å². The van der Waals surface area contributed by atoms with Crippen molar-refractivity contribution in [2.24, 2.45) is 7.05 Å². The molecule has 0 aliphatic carbocycles. The Morgan fingerprint density at radius 3 is 2.03 bits per heavy atom. The number of nitrogens with one attached hydrogen (secondary N) is 1. The summed E-state index contributed by atoms with van der Waals surface area (Å²) in [6, 6.07) is 10.4. The van der Waals surface area contributed by atoms with Crippen molar-refractivity contribution in [1.29, 1.82) is 0 Å². The first-order chi connectivity index (χ1) is 16.9. The number of aromatic nitrogens is 2. The van der Waals surface area contributed by atoms with E-state index in [1.807, 2.05) is 18.2 Å². The maximum absolute atomic E-state index is 11.4. The summed E-state index contributed by atoms with van der Waals surface area (Å²) in [6.45, 7) is 4.18. The van der Waals surface area contributed by atoms with Crippen LogP contribution in [0.4, 0.5) is 26.3 Å². The Morgan fingerprint density at radius 1 is 1.03 bits per heavy atom. The summed E-state index contributed by atoms with van der Waals surface area (Å²) in [4.78, 5) is 0. The second-order valence-corrected chi connectivity index (χ2v) is 11.2. The monoisotopic (exact) mass is 582 g/mol. The van der Waals surface area contributed by atoms with Crippen molar-refractivity contribution in [1.82, 2.24) is 9.88 Å². The smallest absolute Gasteiger partial charge is 0.421 e. The van der Waals surface area contributed by atoms with Crippen LogP contribution in [-0.4, -0.2) is 50.2 Å². The Morgan fingerprint density at radius 2 is 1.57 bits per heavy atom. The quantitative estimate of drug-likeness (QED) is 0.310. The van der Waals surface area contributed by atoms with Gasteiger partial charge in [0.05, 0.1) is 26.7 Å². The molecule has 2 rings (SSSR count). The standard InChI is InChI=1S/C18H28N3O.C2F6NO4S2/c1-3-4-10-21-12-11-20(2)18(21)14-19-17(15-22)13-16-8-6-5-7-9-16;3-1(4,5)14(10,11)9-15(12,13)2(6,7)8/h5-9,11-12,17,19,22H,3-4,10,13-15H2,1-2H3;/q+1;-1/t17-;/m0./s1. The molecule has 0 aliphatic heterocycles. The number of alkyl halides is 6. The highest BCUT2D eigenvalue weighted by Crippen LogP contribution is 2.36. The lowest BCUT2D eigenvalue weighted by molar-refractivity contribution is -0.679. The van der Waals surface area contributed by atoms with Gasteiger partial charge >= 0.3 is 11.0 Å². The first-order valence-corrected chi connectivity index (χ1v) is 13.6. The van der Waals surface area contributed by atoms with Crippen molar-refractivity contribution in [3.63, 3.8) is 0 Å². The minimum Gasteiger partial charge on any atom is -0.421 e. The summed E-state index contributed by atoms with van der Waals surface area (Å²) >= 11 is 0. The highest BCUT2D eigenvalue weighted by molar-refractivity contribution is 8.13. The fourth-order valence-electron chi connectivity index (χ4n) is 2.86. The first-order valence-electron chi connectivity index (χ1n) is 10.7. The van der Waals surface area contributed by atoms with Gasteiger partial charge in [0.15, 0.2) is 20.0 Å². The first kappa shape index (κ1) is 32.8. The molecule has 17 heteroatoms. The molecule has 1 atom stereocenters. The van der Waals surface area contributed by atoms with E-state index < -0.39 is 31.1 Å². The lowest BCUT2D eigenvalue weighted by atomic mass is 10.1. The van der Waals surface area contributed by atoms with E-state index >= 15 is 0 Å². The Balaban J connectivity index is 0.000000401. The van der Waals surface area contributed by atoms with E-state index in [1.165, 1.54) is 24.2 Å². The molecular formula is C20H28F6N4O5S2. The van der Waals surface area contributed by atoms with E-state index in [4.69, 9.17) is 0 Å². The van der Waals surface area contributed by atoms with E-state index in [0.717, 1.165) is 23.6 Å². The molecular weight excluding hydrogens is 554 g/mol. The fourth-order valence-corrected chi connectivity index (χ4v) is 4.57. The van der Waals surface area contributed by atoms with Gasteiger partial charge in [-0.25, -0.2) is 26.0 Å². The van der Waals surface area contributed by atoms with Crippen LogP contribution in [0.5, 0.6) is 0 Å². The maximum atomic E-state index is 11.4. The molecule has 1 aromatic heterocycles. The summed E-state index contributed by atoms with van der Waals surface area (Å²) in [6.07, 6.45) is 7.46. The molecule has 1 heterocycles. The van der Waals surface area contributed by atoms with Gasteiger partial charge in [0, 0.05) is 6.04 Å². The van der Waals surface area contributed by atoms with Gasteiger partial charge in [-0.3, -0.25) is 0 Å². The lowest BCUT2D eigenvalue weighted by Crippen LogP contribution is -2.40. The molecule has 212 valence electrons. The number of aliphatic hydroxyl groups is 1. The lowest BCUT2D eigenvalue weighted by Gasteiger charge is -2.22. The summed E-state index contributed by atoms with van der Waals surface area (Å²) in [5.41, 5.74) is -11.2. The van der Waals surface area contributed by atoms with Crippen LogP contribution < -0.4 is 9.88 Å². The molecule has 0 spiro atoms. The average Bonchev–Trinajstić information content (AvgIpc) is 3.13. The zero-order valence-electron chi connectivity index (χ0n) is 19.9. The van der Waals surface area contributed by atoms with Crippen LogP contribution in [0.25, 0.3) is 4.13 Å². The van der Waals surface area contributed by atoms with Crippen molar-refractivity contribution in [2.75, 3.05) is 6.61 Å². The highest BCUT2D eigenvalue weighted by atomic mass is 32.3. The SMILES string of the molecule is CCCCn1cc[n+](C)c1CN[C@H](CO)Cc1ccccc1.O=S(=O)([N-]S(=O)(=O)C(F)(F)F)C(F)(F)F. The topological polar surface area (TPSA) is 123 Å². The van der Waals surface area contributed by atoms with Gasteiger partial charge in [-0.2, -0.15) is 26.3 Å². The molecule has 0 radical (unpaired) electrons. The minimum absolute atomic E-state index is 0.0805. The third-order valence-corrected chi connectivity index (χ3v) is 7.58.